The maximum absolute atomic E-state index is 12.3. The number of rotatable bonds is 2. The van der Waals surface area contributed by atoms with Gasteiger partial charge in [-0.15, -0.1) is 0 Å². The Morgan fingerprint density at radius 1 is 1.21 bits per heavy atom. The quantitative estimate of drug-likeness (QED) is 0.787. The van der Waals surface area contributed by atoms with Gasteiger partial charge in [-0.1, -0.05) is 29.4 Å². The van der Waals surface area contributed by atoms with Crippen LogP contribution in [-0.2, 0) is 6.18 Å². The smallest absolute Gasteiger partial charge is 0.329 e. The van der Waals surface area contributed by atoms with Crippen LogP contribution in [0.1, 0.15) is 18.4 Å². The molecule has 0 N–H and O–H groups in total. The molecule has 100 valence electrons. The molecular weight excluding hydrogens is 259 g/mol. The van der Waals surface area contributed by atoms with E-state index >= 15 is 0 Å². The van der Waals surface area contributed by atoms with Crippen molar-refractivity contribution in [2.75, 3.05) is 7.05 Å². The van der Waals surface area contributed by atoms with E-state index in [4.69, 9.17) is 0 Å². The summed E-state index contributed by atoms with van der Waals surface area (Å²) in [5, 5.41) is 3.31. The van der Waals surface area contributed by atoms with Gasteiger partial charge in [0.2, 0.25) is 5.82 Å². The van der Waals surface area contributed by atoms with Crippen molar-refractivity contribution in [3.8, 4) is 11.4 Å². The molecule has 1 aromatic carbocycles. The number of hydrogen-bond acceptors (Lipinski definition) is 4. The third kappa shape index (κ3) is 2.81. The predicted molar refractivity (Wildman–Crippen MR) is 62.9 cm³/mol. The molecule has 2 rings (SSSR count). The highest BCUT2D eigenvalue weighted by atomic mass is 19.4. The van der Waals surface area contributed by atoms with E-state index in [-0.39, 0.29) is 5.82 Å². The Labute approximate surface area is 107 Å². The number of alkyl halides is 3. The van der Waals surface area contributed by atoms with Crippen LogP contribution in [0.15, 0.2) is 33.8 Å². The van der Waals surface area contributed by atoms with Gasteiger partial charge in [0.05, 0.1) is 0 Å². The first-order valence-corrected chi connectivity index (χ1v) is 5.37. The molecule has 0 saturated carbocycles. The first-order valence-electron chi connectivity index (χ1n) is 5.37. The van der Waals surface area contributed by atoms with Crippen molar-refractivity contribution in [1.82, 2.24) is 10.1 Å². The molecule has 1 heterocycles. The fourth-order valence-electron chi connectivity index (χ4n) is 1.45. The minimum absolute atomic E-state index is 0.0926. The van der Waals surface area contributed by atoms with E-state index in [9.17, 15) is 13.2 Å². The highest BCUT2D eigenvalue weighted by molar-refractivity contribution is 5.98. The van der Waals surface area contributed by atoms with Crippen LogP contribution in [0.4, 0.5) is 13.2 Å². The fraction of sp³-hybridized carbons (Fsp3) is 0.250. The Balaban J connectivity index is 2.30. The first-order chi connectivity index (χ1) is 8.91. The molecular formula is C12H10F3N3O. The molecule has 0 amide bonds. The highest BCUT2D eigenvalue weighted by Crippen LogP contribution is 2.29. The average Bonchev–Trinajstić information content (AvgIpc) is 2.87. The summed E-state index contributed by atoms with van der Waals surface area (Å²) in [4.78, 5) is 7.33. The van der Waals surface area contributed by atoms with E-state index in [0.717, 1.165) is 11.3 Å². The molecule has 2 aromatic rings. The molecule has 4 nitrogen and oxygen atoms in total. The largest absolute Gasteiger partial charge is 0.471 e. The van der Waals surface area contributed by atoms with Gasteiger partial charge in [0.25, 0.3) is 0 Å². The number of aliphatic imine (C=N–C) groups is 1. The van der Waals surface area contributed by atoms with Gasteiger partial charge in [0.15, 0.2) is 0 Å². The summed E-state index contributed by atoms with van der Waals surface area (Å²) in [6, 6.07) is 6.71. The van der Waals surface area contributed by atoms with E-state index in [0.29, 0.717) is 5.56 Å². The van der Waals surface area contributed by atoms with E-state index in [1.165, 1.54) is 0 Å². The van der Waals surface area contributed by atoms with Crippen molar-refractivity contribution >= 4 is 5.71 Å². The summed E-state index contributed by atoms with van der Waals surface area (Å²) in [7, 11) is 1.66. The predicted octanol–water partition coefficient (Wildman–Crippen LogP) is 3.19. The van der Waals surface area contributed by atoms with E-state index in [2.05, 4.69) is 19.7 Å². The molecule has 0 bridgehead atoms. The van der Waals surface area contributed by atoms with Crippen LogP contribution >= 0.6 is 0 Å². The van der Waals surface area contributed by atoms with Gasteiger partial charge in [-0.3, -0.25) is 4.99 Å². The zero-order valence-corrected chi connectivity index (χ0v) is 10.2. The van der Waals surface area contributed by atoms with Gasteiger partial charge in [-0.2, -0.15) is 18.2 Å². The van der Waals surface area contributed by atoms with E-state index in [1.54, 1.807) is 31.3 Å². The summed E-state index contributed by atoms with van der Waals surface area (Å²) in [6.45, 7) is 1.84. The van der Waals surface area contributed by atoms with Gasteiger partial charge in [-0.25, -0.2) is 0 Å². The van der Waals surface area contributed by atoms with Crippen LogP contribution in [0.3, 0.4) is 0 Å². The normalized spacial score (nSPS) is 12.8. The lowest BCUT2D eigenvalue weighted by molar-refractivity contribution is -0.159. The standard InChI is InChI=1S/C12H10F3N3O/c1-7(16-2)8-3-5-9(6-4-8)10-17-11(19-18-10)12(13,14)15/h3-6H,1-2H3. The van der Waals surface area contributed by atoms with Gasteiger partial charge in [0, 0.05) is 18.3 Å². The van der Waals surface area contributed by atoms with Crippen molar-refractivity contribution in [3.63, 3.8) is 0 Å². The van der Waals surface area contributed by atoms with Crippen LogP contribution in [0.25, 0.3) is 11.4 Å². The molecule has 0 spiro atoms. The molecule has 0 aliphatic rings. The lowest BCUT2D eigenvalue weighted by Crippen LogP contribution is -2.04. The van der Waals surface area contributed by atoms with Crippen LogP contribution in [0.5, 0.6) is 0 Å². The second kappa shape index (κ2) is 4.83. The maximum Gasteiger partial charge on any atom is 0.471 e. The topological polar surface area (TPSA) is 51.3 Å². The van der Waals surface area contributed by atoms with Crippen molar-refractivity contribution < 1.29 is 17.7 Å². The molecule has 0 aliphatic heterocycles. The van der Waals surface area contributed by atoms with Gasteiger partial charge in [0.1, 0.15) is 0 Å². The first kappa shape index (κ1) is 13.3. The number of halogens is 3. The van der Waals surface area contributed by atoms with E-state index < -0.39 is 12.1 Å². The minimum Gasteiger partial charge on any atom is -0.329 e. The summed E-state index contributed by atoms with van der Waals surface area (Å²) in [5.41, 5.74) is 2.16. The Bertz CT molecular complexity index is 599. The monoisotopic (exact) mass is 269 g/mol. The molecule has 0 fully saturated rings. The lowest BCUT2D eigenvalue weighted by atomic mass is 10.1. The number of aromatic nitrogens is 2. The second-order valence-electron chi connectivity index (χ2n) is 3.81. The number of benzene rings is 1. The summed E-state index contributed by atoms with van der Waals surface area (Å²) in [6.07, 6.45) is -4.63. The summed E-state index contributed by atoms with van der Waals surface area (Å²) < 4.78 is 41.1. The van der Waals surface area contributed by atoms with Crippen molar-refractivity contribution in [3.05, 3.63) is 35.7 Å². The number of hydrogen-bond donors (Lipinski definition) is 0. The molecule has 0 saturated heterocycles. The van der Waals surface area contributed by atoms with Gasteiger partial charge >= 0.3 is 12.1 Å². The number of nitrogens with zero attached hydrogens (tertiary/aromatic N) is 3. The van der Waals surface area contributed by atoms with Crippen LogP contribution < -0.4 is 0 Å². The Hall–Kier alpha value is -2.18. The summed E-state index contributed by atoms with van der Waals surface area (Å²) in [5.74, 6) is -1.44. The van der Waals surface area contributed by atoms with Crippen LogP contribution in [0.2, 0.25) is 0 Å². The van der Waals surface area contributed by atoms with Gasteiger partial charge in [-0.05, 0) is 12.5 Å². The Morgan fingerprint density at radius 2 is 1.84 bits per heavy atom. The van der Waals surface area contributed by atoms with Crippen LogP contribution in [0, 0.1) is 0 Å². The minimum atomic E-state index is -4.63. The fourth-order valence-corrected chi connectivity index (χ4v) is 1.45. The van der Waals surface area contributed by atoms with Crippen molar-refractivity contribution in [2.24, 2.45) is 4.99 Å². The third-order valence-corrected chi connectivity index (χ3v) is 2.56. The lowest BCUT2D eigenvalue weighted by Gasteiger charge is -2.00. The van der Waals surface area contributed by atoms with Crippen LogP contribution in [-0.4, -0.2) is 22.9 Å². The van der Waals surface area contributed by atoms with Crippen molar-refractivity contribution in [2.45, 2.75) is 13.1 Å². The molecule has 0 atom stereocenters. The van der Waals surface area contributed by atoms with E-state index in [1.807, 2.05) is 6.92 Å². The Morgan fingerprint density at radius 3 is 2.32 bits per heavy atom. The van der Waals surface area contributed by atoms with Gasteiger partial charge < -0.3 is 4.52 Å². The molecule has 1 aromatic heterocycles. The molecule has 7 heteroatoms. The Kier molecular flexibility index (Phi) is 3.37. The van der Waals surface area contributed by atoms with Crippen molar-refractivity contribution in [1.29, 1.82) is 0 Å². The second-order valence-corrected chi connectivity index (χ2v) is 3.81. The third-order valence-electron chi connectivity index (χ3n) is 2.56. The molecule has 19 heavy (non-hydrogen) atoms. The highest BCUT2D eigenvalue weighted by Gasteiger charge is 2.38. The molecule has 0 aliphatic carbocycles. The summed E-state index contributed by atoms with van der Waals surface area (Å²) >= 11 is 0. The SMILES string of the molecule is CN=C(C)c1ccc(-c2noc(C(F)(F)F)n2)cc1. The molecule has 0 unspecified atom stereocenters. The average molecular weight is 269 g/mol. The zero-order chi connectivity index (χ0) is 14.0. The molecule has 0 radical (unpaired) electrons. The maximum atomic E-state index is 12.3. The zero-order valence-electron chi connectivity index (χ0n) is 10.2.